The van der Waals surface area contributed by atoms with Crippen LogP contribution in [-0.2, 0) is 9.53 Å². The fraction of sp³-hybridized carbons (Fsp3) is 0.929. The normalized spacial score (nSPS) is 31.9. The van der Waals surface area contributed by atoms with E-state index in [2.05, 4.69) is 17.1 Å². The van der Waals surface area contributed by atoms with Crippen LogP contribution >= 0.6 is 0 Å². The number of nitrogens with one attached hydrogen (secondary N) is 1. The molecule has 2 aliphatic rings. The van der Waals surface area contributed by atoms with Gasteiger partial charge in [0.2, 0.25) is 0 Å². The van der Waals surface area contributed by atoms with Crippen molar-refractivity contribution >= 4 is 5.97 Å². The number of carbonyl (C=O) groups is 1. The monoisotopic (exact) mass is 254 g/mol. The molecule has 1 unspecified atom stereocenters. The van der Waals surface area contributed by atoms with Crippen molar-refractivity contribution in [1.29, 1.82) is 0 Å². The summed E-state index contributed by atoms with van der Waals surface area (Å²) >= 11 is 0. The summed E-state index contributed by atoms with van der Waals surface area (Å²) in [7, 11) is 1.52. The molecule has 0 radical (unpaired) electrons. The lowest BCUT2D eigenvalue weighted by Crippen LogP contribution is -2.54. The van der Waals surface area contributed by atoms with Gasteiger partial charge in [-0.05, 0) is 24.7 Å². The number of hydrogen-bond acceptors (Lipinski definition) is 4. The highest BCUT2D eigenvalue weighted by molar-refractivity contribution is 5.76. The highest BCUT2D eigenvalue weighted by Crippen LogP contribution is 2.33. The Labute approximate surface area is 110 Å². The lowest BCUT2D eigenvalue weighted by Gasteiger charge is -2.39. The first-order chi connectivity index (χ1) is 8.72. The molecule has 0 spiro atoms. The Kier molecular flexibility index (Phi) is 5.01. The third kappa shape index (κ3) is 3.23. The summed E-state index contributed by atoms with van der Waals surface area (Å²) < 4.78 is 5.04. The molecule has 1 atom stereocenters. The second kappa shape index (κ2) is 6.53. The standard InChI is InChI=1S/C14H26N2O2/c1-11-3-5-12(6-4-11)13(14(17)18-2)16-9-7-15-8-10-16/h11-13,15H,3-10H2,1-2H3. The van der Waals surface area contributed by atoms with Crippen molar-refractivity contribution in [2.24, 2.45) is 11.8 Å². The Bertz CT molecular complexity index is 269. The Morgan fingerprint density at radius 2 is 1.83 bits per heavy atom. The first kappa shape index (κ1) is 13.8. The topological polar surface area (TPSA) is 41.6 Å². The van der Waals surface area contributed by atoms with Gasteiger partial charge < -0.3 is 10.1 Å². The number of esters is 1. The van der Waals surface area contributed by atoms with E-state index in [1.807, 2.05) is 0 Å². The smallest absolute Gasteiger partial charge is 0.323 e. The van der Waals surface area contributed by atoms with Gasteiger partial charge in [0.25, 0.3) is 0 Å². The van der Waals surface area contributed by atoms with E-state index in [4.69, 9.17) is 4.74 Å². The van der Waals surface area contributed by atoms with Crippen LogP contribution in [0.25, 0.3) is 0 Å². The summed E-state index contributed by atoms with van der Waals surface area (Å²) in [6, 6.07) is -0.00963. The molecule has 2 rings (SSSR count). The third-order valence-corrected chi connectivity index (χ3v) is 4.49. The highest BCUT2D eigenvalue weighted by atomic mass is 16.5. The minimum atomic E-state index is -0.0311. The molecule has 1 aliphatic heterocycles. The molecule has 0 aromatic heterocycles. The van der Waals surface area contributed by atoms with Crippen molar-refractivity contribution in [3.8, 4) is 0 Å². The lowest BCUT2D eigenvalue weighted by atomic mass is 9.78. The maximum absolute atomic E-state index is 12.1. The molecule has 0 aromatic carbocycles. The zero-order valence-electron chi connectivity index (χ0n) is 11.7. The number of ether oxygens (including phenoxy) is 1. The van der Waals surface area contributed by atoms with E-state index in [0.29, 0.717) is 5.92 Å². The van der Waals surface area contributed by atoms with Gasteiger partial charge in [0.15, 0.2) is 0 Å². The second-order valence-electron chi connectivity index (χ2n) is 5.77. The predicted octanol–water partition coefficient (Wildman–Crippen LogP) is 1.26. The van der Waals surface area contributed by atoms with Crippen LogP contribution in [0, 0.1) is 11.8 Å². The third-order valence-electron chi connectivity index (χ3n) is 4.49. The molecule has 1 N–H and O–H groups in total. The average molecular weight is 254 g/mol. The van der Waals surface area contributed by atoms with E-state index < -0.39 is 0 Å². The minimum absolute atomic E-state index is 0.00963. The molecule has 1 heterocycles. The number of piperazine rings is 1. The van der Waals surface area contributed by atoms with Crippen molar-refractivity contribution in [1.82, 2.24) is 10.2 Å². The molecule has 104 valence electrons. The molecular weight excluding hydrogens is 228 g/mol. The number of rotatable bonds is 3. The van der Waals surface area contributed by atoms with Crippen LogP contribution in [0.4, 0.5) is 0 Å². The van der Waals surface area contributed by atoms with Crippen LogP contribution < -0.4 is 5.32 Å². The van der Waals surface area contributed by atoms with E-state index in [1.165, 1.54) is 32.8 Å². The summed E-state index contributed by atoms with van der Waals surface area (Å²) in [4.78, 5) is 14.4. The molecule has 4 heteroatoms. The summed E-state index contributed by atoms with van der Waals surface area (Å²) in [6.07, 6.45) is 4.85. The molecule has 2 fully saturated rings. The van der Waals surface area contributed by atoms with E-state index >= 15 is 0 Å². The molecule has 0 amide bonds. The molecular formula is C14H26N2O2. The van der Waals surface area contributed by atoms with Crippen LogP contribution in [0.2, 0.25) is 0 Å². The molecule has 4 nitrogen and oxygen atoms in total. The van der Waals surface area contributed by atoms with Gasteiger partial charge in [0.1, 0.15) is 6.04 Å². The summed E-state index contributed by atoms with van der Waals surface area (Å²) in [5.41, 5.74) is 0. The number of methoxy groups -OCH3 is 1. The Hall–Kier alpha value is -0.610. The minimum Gasteiger partial charge on any atom is -0.468 e. The van der Waals surface area contributed by atoms with E-state index in [1.54, 1.807) is 0 Å². The summed E-state index contributed by atoms with van der Waals surface area (Å²) in [6.45, 7) is 6.21. The van der Waals surface area contributed by atoms with Crippen molar-refractivity contribution in [3.63, 3.8) is 0 Å². The van der Waals surface area contributed by atoms with Gasteiger partial charge in [-0.25, -0.2) is 0 Å². The van der Waals surface area contributed by atoms with Gasteiger partial charge in [0.05, 0.1) is 7.11 Å². The Morgan fingerprint density at radius 3 is 2.39 bits per heavy atom. The number of nitrogens with zero attached hydrogens (tertiary/aromatic N) is 1. The van der Waals surface area contributed by atoms with Crippen molar-refractivity contribution in [3.05, 3.63) is 0 Å². The van der Waals surface area contributed by atoms with Crippen LogP contribution in [0.3, 0.4) is 0 Å². The number of hydrogen-bond donors (Lipinski definition) is 1. The first-order valence-electron chi connectivity index (χ1n) is 7.25. The maximum Gasteiger partial charge on any atom is 0.323 e. The van der Waals surface area contributed by atoms with Crippen molar-refractivity contribution < 1.29 is 9.53 Å². The van der Waals surface area contributed by atoms with Gasteiger partial charge >= 0.3 is 5.97 Å². The van der Waals surface area contributed by atoms with Crippen LogP contribution in [-0.4, -0.2) is 50.2 Å². The lowest BCUT2D eigenvalue weighted by molar-refractivity contribution is -0.150. The second-order valence-corrected chi connectivity index (χ2v) is 5.77. The molecule has 1 saturated carbocycles. The summed E-state index contributed by atoms with van der Waals surface area (Å²) in [5, 5.41) is 3.34. The number of carbonyl (C=O) groups excluding carboxylic acids is 1. The van der Waals surface area contributed by atoms with Crippen LogP contribution in [0.5, 0.6) is 0 Å². The summed E-state index contributed by atoms with van der Waals surface area (Å²) in [5.74, 6) is 1.28. The van der Waals surface area contributed by atoms with Crippen molar-refractivity contribution in [2.75, 3.05) is 33.3 Å². The molecule has 0 bridgehead atoms. The molecule has 18 heavy (non-hydrogen) atoms. The van der Waals surface area contributed by atoms with Crippen LogP contribution in [0.15, 0.2) is 0 Å². The van der Waals surface area contributed by atoms with Crippen molar-refractivity contribution in [2.45, 2.75) is 38.6 Å². The fourth-order valence-electron chi connectivity index (χ4n) is 3.32. The predicted molar refractivity (Wildman–Crippen MR) is 71.4 cm³/mol. The maximum atomic E-state index is 12.1. The Morgan fingerprint density at radius 1 is 1.22 bits per heavy atom. The molecule has 1 aliphatic carbocycles. The largest absolute Gasteiger partial charge is 0.468 e. The molecule has 0 aromatic rings. The van der Waals surface area contributed by atoms with Crippen LogP contribution in [0.1, 0.15) is 32.6 Å². The van der Waals surface area contributed by atoms with Gasteiger partial charge in [0, 0.05) is 26.2 Å². The quantitative estimate of drug-likeness (QED) is 0.770. The van der Waals surface area contributed by atoms with Gasteiger partial charge in [-0.2, -0.15) is 0 Å². The van der Waals surface area contributed by atoms with Gasteiger partial charge in [-0.1, -0.05) is 19.8 Å². The van der Waals surface area contributed by atoms with E-state index in [0.717, 1.165) is 32.1 Å². The molecule has 1 saturated heterocycles. The highest BCUT2D eigenvalue weighted by Gasteiger charge is 2.36. The zero-order valence-corrected chi connectivity index (χ0v) is 11.7. The first-order valence-corrected chi connectivity index (χ1v) is 7.25. The fourth-order valence-corrected chi connectivity index (χ4v) is 3.32. The van der Waals surface area contributed by atoms with Gasteiger partial charge in [-0.3, -0.25) is 9.69 Å². The SMILES string of the molecule is COC(=O)C(C1CCC(C)CC1)N1CCNCC1. The average Bonchev–Trinajstić information content (AvgIpc) is 2.42. The van der Waals surface area contributed by atoms with E-state index in [-0.39, 0.29) is 12.0 Å². The van der Waals surface area contributed by atoms with Gasteiger partial charge in [-0.15, -0.1) is 0 Å². The van der Waals surface area contributed by atoms with E-state index in [9.17, 15) is 4.79 Å². The zero-order chi connectivity index (χ0) is 13.0. The Balaban J connectivity index is 2.01.